The Labute approximate surface area is 290 Å². The molecule has 1 aromatic heterocycles. The second-order valence-electron chi connectivity index (χ2n) is 12.6. The van der Waals surface area contributed by atoms with Gasteiger partial charge in [-0.2, -0.15) is 4.31 Å². The minimum Gasteiger partial charge on any atom is -0.504 e. The number of aromatic nitrogens is 1. The van der Waals surface area contributed by atoms with Gasteiger partial charge in [0.15, 0.2) is 17.3 Å². The zero-order chi connectivity index (χ0) is 35.1. The number of carbonyl (C=O) groups is 3. The molecule has 0 radical (unpaired) electrons. The lowest BCUT2D eigenvalue weighted by Crippen LogP contribution is -2.48. The smallest absolute Gasteiger partial charge is 0.248 e. The average Bonchev–Trinajstić information content (AvgIpc) is 3.49. The first kappa shape index (κ1) is 36.2. The van der Waals surface area contributed by atoms with Gasteiger partial charge in [-0.3, -0.25) is 19.3 Å². The van der Waals surface area contributed by atoms with Crippen molar-refractivity contribution in [2.75, 3.05) is 28.3 Å². The van der Waals surface area contributed by atoms with E-state index in [9.17, 15) is 33.0 Å². The van der Waals surface area contributed by atoms with Crippen LogP contribution in [0.3, 0.4) is 0 Å². The first-order valence-corrected chi connectivity index (χ1v) is 19.1. The maximum atomic E-state index is 14.1. The summed E-state index contributed by atoms with van der Waals surface area (Å²) in [6.07, 6.45) is 7.04. The fourth-order valence-electron chi connectivity index (χ4n) is 6.34. The number of phenolic OH excluding ortho intramolecular Hbond substituents is 2. The van der Waals surface area contributed by atoms with Crippen molar-refractivity contribution in [2.24, 2.45) is 0 Å². The number of benzene rings is 2. The Balaban J connectivity index is 1.46. The number of carbonyl (C=O) groups excluding carboxylic acids is 3. The molecule has 0 bridgehead atoms. The highest BCUT2D eigenvalue weighted by Crippen LogP contribution is 2.35. The number of rotatable bonds is 12. The minimum atomic E-state index is -3.81. The third-order valence-corrected chi connectivity index (χ3v) is 11.8. The highest BCUT2D eigenvalue weighted by Gasteiger charge is 2.36. The van der Waals surface area contributed by atoms with Gasteiger partial charge in [0, 0.05) is 30.4 Å². The highest BCUT2D eigenvalue weighted by atomic mass is 32.2. The summed E-state index contributed by atoms with van der Waals surface area (Å²) in [4.78, 5) is 42.2. The summed E-state index contributed by atoms with van der Waals surface area (Å²) < 4.78 is 33.6. The van der Waals surface area contributed by atoms with Crippen LogP contribution >= 0.6 is 11.8 Å². The number of hydrogen-bond donors (Lipinski definition) is 4. The molecule has 0 spiro atoms. The first-order valence-electron chi connectivity index (χ1n) is 16.5. The molecule has 13 nitrogen and oxygen atoms in total. The van der Waals surface area contributed by atoms with Crippen molar-refractivity contribution in [3.8, 4) is 11.5 Å². The van der Waals surface area contributed by atoms with E-state index < -0.39 is 45.3 Å². The molecule has 2 aromatic carbocycles. The second kappa shape index (κ2) is 16.1. The number of nitrogens with one attached hydrogen (secondary N) is 2. The molecule has 1 aliphatic heterocycles. The van der Waals surface area contributed by atoms with Crippen LogP contribution in [0.2, 0.25) is 0 Å². The van der Waals surface area contributed by atoms with Gasteiger partial charge in [0.05, 0.1) is 16.4 Å². The van der Waals surface area contributed by atoms with E-state index in [4.69, 9.17) is 4.52 Å². The number of thioether (sulfide) groups is 1. The average molecular weight is 714 g/mol. The number of piperidine rings is 1. The number of hydrogen-bond acceptors (Lipinski definition) is 10. The number of nitrogens with zero attached hydrogens (tertiary/aromatic N) is 3. The minimum absolute atomic E-state index is 0.0667. The summed E-state index contributed by atoms with van der Waals surface area (Å²) in [5, 5.41) is 29.9. The molecule has 1 aliphatic carbocycles. The van der Waals surface area contributed by atoms with Crippen LogP contribution in [0.1, 0.15) is 75.7 Å². The molecule has 3 aromatic rings. The fraction of sp³-hybridized carbons (Fsp3) is 0.471. The number of phenols is 2. The standard InChI is InChI=1S/C34H43N5O8S2/c1-22-8-6-7-17-38(22)49(45,46)27-14-12-26(13-15-27)39(32(43)21-48-20-31(42)36-30-18-23(2)47-37-30)33(24-11-16-28(40)29(41)19-24)34(44)35-25-9-4-3-5-10-25/h11-16,18-19,22,25,33,40-41H,3-10,17,20-21H2,1-2H3,(H,35,44)(H,36,37,42). The molecular formula is C34H43N5O8S2. The molecule has 1 saturated heterocycles. The summed E-state index contributed by atoms with van der Waals surface area (Å²) in [6, 6.07) is 9.79. The Morgan fingerprint density at radius 2 is 1.69 bits per heavy atom. The highest BCUT2D eigenvalue weighted by molar-refractivity contribution is 8.00. The molecular weight excluding hydrogens is 671 g/mol. The van der Waals surface area contributed by atoms with Gasteiger partial charge in [-0.05, 0) is 81.5 Å². The van der Waals surface area contributed by atoms with Crippen LogP contribution in [0.4, 0.5) is 11.5 Å². The van der Waals surface area contributed by atoms with Crippen LogP contribution in [-0.2, 0) is 24.4 Å². The summed E-state index contributed by atoms with van der Waals surface area (Å²) in [5.41, 5.74) is 0.482. The third kappa shape index (κ3) is 8.94. The molecule has 3 amide bonds. The Morgan fingerprint density at radius 1 is 0.980 bits per heavy atom. The zero-order valence-electron chi connectivity index (χ0n) is 27.6. The lowest BCUT2D eigenvalue weighted by Gasteiger charge is -2.34. The Morgan fingerprint density at radius 3 is 2.35 bits per heavy atom. The Kier molecular flexibility index (Phi) is 11.9. The molecule has 15 heteroatoms. The van der Waals surface area contributed by atoms with Crippen molar-refractivity contribution >= 4 is 51.0 Å². The van der Waals surface area contributed by atoms with Crippen LogP contribution in [0.15, 0.2) is 57.9 Å². The second-order valence-corrected chi connectivity index (χ2v) is 15.5. The fourth-order valence-corrected chi connectivity index (χ4v) is 8.71. The van der Waals surface area contributed by atoms with Crippen molar-refractivity contribution in [1.29, 1.82) is 0 Å². The van der Waals surface area contributed by atoms with Crippen LogP contribution < -0.4 is 15.5 Å². The Hall–Kier alpha value is -4.08. The molecule has 2 unspecified atom stereocenters. The summed E-state index contributed by atoms with van der Waals surface area (Å²) >= 11 is 1.03. The number of aromatic hydroxyl groups is 2. The van der Waals surface area contributed by atoms with Gasteiger partial charge in [-0.25, -0.2) is 8.42 Å². The molecule has 49 heavy (non-hydrogen) atoms. The van der Waals surface area contributed by atoms with Gasteiger partial charge >= 0.3 is 0 Å². The van der Waals surface area contributed by atoms with E-state index in [2.05, 4.69) is 15.8 Å². The van der Waals surface area contributed by atoms with E-state index in [-0.39, 0.29) is 45.6 Å². The van der Waals surface area contributed by atoms with Gasteiger partial charge in [0.25, 0.3) is 0 Å². The predicted molar refractivity (Wildman–Crippen MR) is 186 cm³/mol. The van der Waals surface area contributed by atoms with E-state index in [0.717, 1.165) is 63.1 Å². The number of sulfonamides is 1. The van der Waals surface area contributed by atoms with Crippen LogP contribution in [-0.4, -0.2) is 75.9 Å². The van der Waals surface area contributed by atoms with Crippen molar-refractivity contribution in [3.63, 3.8) is 0 Å². The van der Waals surface area contributed by atoms with Gasteiger partial charge < -0.3 is 25.4 Å². The van der Waals surface area contributed by atoms with Gasteiger partial charge in [-0.1, -0.05) is 36.9 Å². The number of aryl methyl sites for hydroxylation is 1. The summed E-state index contributed by atoms with van der Waals surface area (Å²) in [5.74, 6) is -1.84. The molecule has 4 N–H and O–H groups in total. The molecule has 5 rings (SSSR count). The lowest BCUT2D eigenvalue weighted by molar-refractivity contribution is -0.126. The van der Waals surface area contributed by atoms with E-state index in [1.54, 1.807) is 13.0 Å². The summed E-state index contributed by atoms with van der Waals surface area (Å²) in [7, 11) is -3.81. The van der Waals surface area contributed by atoms with Crippen molar-refractivity contribution in [1.82, 2.24) is 14.8 Å². The topological polar surface area (TPSA) is 182 Å². The molecule has 264 valence electrons. The molecule has 2 heterocycles. The maximum absolute atomic E-state index is 14.1. The van der Waals surface area contributed by atoms with Crippen molar-refractivity contribution in [2.45, 2.75) is 88.2 Å². The van der Waals surface area contributed by atoms with Crippen molar-refractivity contribution < 1.29 is 37.5 Å². The SMILES string of the molecule is Cc1cc(NC(=O)CSCC(=O)N(c2ccc(S(=O)(=O)N3CCCCC3C)cc2)C(C(=O)NC2CCCCC2)c2ccc(O)c(O)c2)no1. The van der Waals surface area contributed by atoms with Crippen LogP contribution in [0, 0.1) is 6.92 Å². The van der Waals surface area contributed by atoms with Gasteiger partial charge in [-0.15, -0.1) is 11.8 Å². The molecule has 1 saturated carbocycles. The van der Waals surface area contributed by atoms with Crippen LogP contribution in [0.25, 0.3) is 0 Å². The van der Waals surface area contributed by atoms with Crippen LogP contribution in [0.5, 0.6) is 11.5 Å². The van der Waals surface area contributed by atoms with E-state index in [1.807, 2.05) is 6.92 Å². The van der Waals surface area contributed by atoms with Crippen molar-refractivity contribution in [3.05, 3.63) is 59.9 Å². The first-order chi connectivity index (χ1) is 23.4. The molecule has 2 aliphatic rings. The quantitative estimate of drug-likeness (QED) is 0.189. The monoisotopic (exact) mass is 713 g/mol. The molecule has 2 atom stereocenters. The van der Waals surface area contributed by atoms with E-state index in [0.29, 0.717) is 12.3 Å². The normalized spacial score (nSPS) is 18.0. The zero-order valence-corrected chi connectivity index (χ0v) is 29.3. The van der Waals surface area contributed by atoms with E-state index in [1.165, 1.54) is 51.7 Å². The van der Waals surface area contributed by atoms with Gasteiger partial charge in [0.1, 0.15) is 11.8 Å². The summed E-state index contributed by atoms with van der Waals surface area (Å²) in [6.45, 7) is 4.00. The molecule has 2 fully saturated rings. The third-order valence-electron chi connectivity index (χ3n) is 8.86. The predicted octanol–water partition coefficient (Wildman–Crippen LogP) is 4.85. The number of amides is 3. The maximum Gasteiger partial charge on any atom is 0.248 e. The van der Waals surface area contributed by atoms with Gasteiger partial charge in [0.2, 0.25) is 27.7 Å². The number of anilines is 2. The lowest BCUT2D eigenvalue weighted by atomic mass is 9.94. The Bertz CT molecular complexity index is 1740. The largest absolute Gasteiger partial charge is 0.504 e. The van der Waals surface area contributed by atoms with E-state index >= 15 is 0 Å².